The third-order valence-electron chi connectivity index (χ3n) is 3.27. The minimum atomic E-state index is -0.249. The topological polar surface area (TPSA) is 24.9 Å². The lowest BCUT2D eigenvalue weighted by atomic mass is 10.1. The van der Waals surface area contributed by atoms with Crippen LogP contribution in [0.4, 0.5) is 9.52 Å². The Morgan fingerprint density at radius 3 is 2.65 bits per heavy atom. The monoisotopic (exact) mass is 286 g/mol. The molecule has 2 aromatic carbocycles. The zero-order valence-corrected chi connectivity index (χ0v) is 12.2. The van der Waals surface area contributed by atoms with Gasteiger partial charge in [-0.3, -0.25) is 0 Å². The van der Waals surface area contributed by atoms with E-state index in [4.69, 9.17) is 0 Å². The number of aromatic nitrogens is 1. The van der Waals surface area contributed by atoms with Crippen LogP contribution < -0.4 is 5.32 Å². The summed E-state index contributed by atoms with van der Waals surface area (Å²) < 4.78 is 14.1. The maximum Gasteiger partial charge on any atom is 0.184 e. The molecule has 20 heavy (non-hydrogen) atoms. The Bertz CT molecular complexity index is 734. The van der Waals surface area contributed by atoms with Crippen LogP contribution in [0, 0.1) is 12.7 Å². The van der Waals surface area contributed by atoms with E-state index in [0.717, 1.165) is 9.83 Å². The second-order valence-corrected chi connectivity index (χ2v) is 5.94. The zero-order valence-electron chi connectivity index (χ0n) is 11.4. The van der Waals surface area contributed by atoms with Crippen LogP contribution in [-0.2, 0) is 0 Å². The SMILES string of the molecule is Cc1ccc(C(C)Nc2nc3cc(F)ccc3s2)cc1. The van der Waals surface area contributed by atoms with Crippen LogP contribution in [0.15, 0.2) is 42.5 Å². The molecule has 1 heterocycles. The van der Waals surface area contributed by atoms with Gasteiger partial charge in [-0.25, -0.2) is 9.37 Å². The standard InChI is InChI=1S/C16H15FN2S/c1-10-3-5-12(6-4-10)11(2)18-16-19-14-9-13(17)7-8-15(14)20-16/h3-9,11H,1-2H3,(H,18,19). The normalized spacial score (nSPS) is 12.6. The first kappa shape index (κ1) is 13.1. The largest absolute Gasteiger partial charge is 0.355 e. The molecule has 3 rings (SSSR count). The molecule has 1 unspecified atom stereocenters. The maximum absolute atomic E-state index is 13.2. The van der Waals surface area contributed by atoms with Gasteiger partial charge in [0, 0.05) is 6.07 Å². The molecule has 0 bridgehead atoms. The summed E-state index contributed by atoms with van der Waals surface area (Å²) in [4.78, 5) is 4.42. The van der Waals surface area contributed by atoms with E-state index in [2.05, 4.69) is 48.4 Å². The number of benzene rings is 2. The van der Waals surface area contributed by atoms with Gasteiger partial charge in [-0.2, -0.15) is 0 Å². The van der Waals surface area contributed by atoms with Gasteiger partial charge in [0.05, 0.1) is 16.3 Å². The van der Waals surface area contributed by atoms with Crippen molar-refractivity contribution in [2.45, 2.75) is 19.9 Å². The number of nitrogens with one attached hydrogen (secondary N) is 1. The Hall–Kier alpha value is -1.94. The molecule has 1 aromatic heterocycles. The van der Waals surface area contributed by atoms with Crippen LogP contribution >= 0.6 is 11.3 Å². The van der Waals surface area contributed by atoms with E-state index in [9.17, 15) is 4.39 Å². The highest BCUT2D eigenvalue weighted by molar-refractivity contribution is 7.22. The van der Waals surface area contributed by atoms with Gasteiger partial charge >= 0.3 is 0 Å². The summed E-state index contributed by atoms with van der Waals surface area (Å²) in [5, 5.41) is 4.19. The van der Waals surface area contributed by atoms with E-state index in [0.29, 0.717) is 5.52 Å². The van der Waals surface area contributed by atoms with Gasteiger partial charge in [0.1, 0.15) is 5.82 Å². The quantitative estimate of drug-likeness (QED) is 0.739. The van der Waals surface area contributed by atoms with Gasteiger partial charge in [-0.1, -0.05) is 41.2 Å². The lowest BCUT2D eigenvalue weighted by Gasteiger charge is -2.13. The lowest BCUT2D eigenvalue weighted by Crippen LogP contribution is -2.05. The second-order valence-electron chi connectivity index (χ2n) is 4.91. The summed E-state index contributed by atoms with van der Waals surface area (Å²) in [5.74, 6) is -0.249. The minimum absolute atomic E-state index is 0.168. The lowest BCUT2D eigenvalue weighted by molar-refractivity contribution is 0.629. The van der Waals surface area contributed by atoms with Crippen molar-refractivity contribution < 1.29 is 4.39 Å². The number of rotatable bonds is 3. The summed E-state index contributed by atoms with van der Waals surface area (Å²) in [6.45, 7) is 4.17. The molecule has 0 aliphatic rings. The molecule has 0 radical (unpaired) electrons. The van der Waals surface area contributed by atoms with E-state index in [-0.39, 0.29) is 11.9 Å². The second kappa shape index (κ2) is 5.21. The van der Waals surface area contributed by atoms with Crippen molar-refractivity contribution in [3.8, 4) is 0 Å². The van der Waals surface area contributed by atoms with Crippen molar-refractivity contribution in [1.82, 2.24) is 4.98 Å². The number of thiazole rings is 1. The van der Waals surface area contributed by atoms with Crippen LogP contribution in [0.25, 0.3) is 10.2 Å². The van der Waals surface area contributed by atoms with Crippen molar-refractivity contribution in [2.24, 2.45) is 0 Å². The van der Waals surface area contributed by atoms with Gasteiger partial charge in [0.15, 0.2) is 5.13 Å². The highest BCUT2D eigenvalue weighted by atomic mass is 32.1. The Kier molecular flexibility index (Phi) is 3.40. The van der Waals surface area contributed by atoms with Crippen molar-refractivity contribution in [2.75, 3.05) is 5.32 Å². The number of nitrogens with zero attached hydrogens (tertiary/aromatic N) is 1. The van der Waals surface area contributed by atoms with E-state index >= 15 is 0 Å². The third-order valence-corrected chi connectivity index (χ3v) is 4.23. The van der Waals surface area contributed by atoms with Gasteiger partial charge in [0.25, 0.3) is 0 Å². The Balaban J connectivity index is 1.83. The minimum Gasteiger partial charge on any atom is -0.355 e. The zero-order chi connectivity index (χ0) is 14.1. The van der Waals surface area contributed by atoms with Crippen LogP contribution in [0.5, 0.6) is 0 Å². The van der Waals surface area contributed by atoms with Gasteiger partial charge < -0.3 is 5.32 Å². The molecule has 3 aromatic rings. The maximum atomic E-state index is 13.2. The summed E-state index contributed by atoms with van der Waals surface area (Å²) in [6.07, 6.45) is 0. The molecule has 0 saturated carbocycles. The summed E-state index contributed by atoms with van der Waals surface area (Å²) in [7, 11) is 0. The van der Waals surface area contributed by atoms with Gasteiger partial charge in [0.2, 0.25) is 0 Å². The molecule has 2 nitrogen and oxygen atoms in total. The number of aryl methyl sites for hydroxylation is 1. The molecular weight excluding hydrogens is 271 g/mol. The number of hydrogen-bond donors (Lipinski definition) is 1. The van der Waals surface area contributed by atoms with Crippen molar-refractivity contribution in [1.29, 1.82) is 0 Å². The predicted molar refractivity (Wildman–Crippen MR) is 82.8 cm³/mol. The van der Waals surface area contributed by atoms with Crippen LogP contribution in [0.1, 0.15) is 24.1 Å². The molecule has 0 fully saturated rings. The number of halogens is 1. The fraction of sp³-hybridized carbons (Fsp3) is 0.188. The van der Waals surface area contributed by atoms with E-state index in [1.165, 1.54) is 23.3 Å². The molecule has 1 N–H and O–H groups in total. The number of hydrogen-bond acceptors (Lipinski definition) is 3. The molecule has 102 valence electrons. The molecule has 0 aliphatic carbocycles. The van der Waals surface area contributed by atoms with E-state index in [1.54, 1.807) is 17.4 Å². The molecule has 0 aliphatic heterocycles. The number of anilines is 1. The molecule has 0 amide bonds. The highest BCUT2D eigenvalue weighted by Crippen LogP contribution is 2.29. The molecular formula is C16H15FN2S. The van der Waals surface area contributed by atoms with E-state index < -0.39 is 0 Å². The fourth-order valence-corrected chi connectivity index (χ4v) is 3.02. The number of fused-ring (bicyclic) bond motifs is 1. The molecule has 0 spiro atoms. The summed E-state index contributed by atoms with van der Waals surface area (Å²) in [5.41, 5.74) is 3.16. The van der Waals surface area contributed by atoms with Crippen LogP contribution in [0.3, 0.4) is 0 Å². The first-order valence-corrected chi connectivity index (χ1v) is 7.33. The van der Waals surface area contributed by atoms with E-state index in [1.807, 2.05) is 0 Å². The van der Waals surface area contributed by atoms with Crippen LogP contribution in [-0.4, -0.2) is 4.98 Å². The summed E-state index contributed by atoms with van der Waals surface area (Å²) >= 11 is 1.54. The van der Waals surface area contributed by atoms with Crippen molar-refractivity contribution >= 4 is 26.7 Å². The third kappa shape index (κ3) is 2.65. The smallest absolute Gasteiger partial charge is 0.184 e. The van der Waals surface area contributed by atoms with Crippen molar-refractivity contribution in [3.05, 3.63) is 59.4 Å². The molecule has 4 heteroatoms. The van der Waals surface area contributed by atoms with Gasteiger partial charge in [-0.15, -0.1) is 0 Å². The predicted octanol–water partition coefficient (Wildman–Crippen LogP) is 4.92. The molecule has 0 saturated heterocycles. The van der Waals surface area contributed by atoms with Crippen LogP contribution in [0.2, 0.25) is 0 Å². The molecule has 1 atom stereocenters. The van der Waals surface area contributed by atoms with Crippen molar-refractivity contribution in [3.63, 3.8) is 0 Å². The average Bonchev–Trinajstić information content (AvgIpc) is 2.80. The fourth-order valence-electron chi connectivity index (χ4n) is 2.09. The van der Waals surface area contributed by atoms with Gasteiger partial charge in [-0.05, 0) is 31.5 Å². The first-order valence-electron chi connectivity index (χ1n) is 6.51. The summed E-state index contributed by atoms with van der Waals surface area (Å²) in [6, 6.07) is 13.3. The average molecular weight is 286 g/mol. The Morgan fingerprint density at radius 1 is 1.15 bits per heavy atom. The highest BCUT2D eigenvalue weighted by Gasteiger charge is 2.09. The first-order chi connectivity index (χ1) is 9.61. The Labute approximate surface area is 121 Å². The Morgan fingerprint density at radius 2 is 1.90 bits per heavy atom.